The standard InChI is InChI=1S/C98H76F4N2O6/c1-3-105-55-57-107-77-45-29-69(30-46-77)97(71-33-49-79(50-34-71)109-81-43-27-65-19-21-67(65)59-81)87-13-7-5-11-83(87)85-53-41-75(61-89(85)97)103(95-91(99)15-9-16-92(95)100)73-37-23-63(24-38-73)64-25-39-74(40-26-64)104(96-93(101)17-10-18-94(96)102)76-42-54-86-84-12-6-8-14-88(84)98(90(86)62-76,70-31-47-78(48-32-70)108-58-56-106-4-2)72-35-51-80(52-36-72)110-82-44-28-66-20-22-68(66)60-82/h5-18,23-54,59-62H,3-4,19-22,55-58H2,1-2H3. The number of para-hydroxylation sites is 2. The molecule has 110 heavy (non-hydrogen) atoms. The molecule has 8 nitrogen and oxygen atoms in total. The van der Waals surface area contributed by atoms with Crippen LogP contribution in [0.1, 0.15) is 80.6 Å². The van der Waals surface area contributed by atoms with E-state index in [1.807, 2.05) is 147 Å². The molecule has 0 saturated carbocycles. The Balaban J connectivity index is 0.717. The maximum absolute atomic E-state index is 16.9. The second-order valence-electron chi connectivity index (χ2n) is 28.2. The Labute approximate surface area is 637 Å². The van der Waals surface area contributed by atoms with Crippen molar-refractivity contribution in [2.75, 3.05) is 49.4 Å². The first-order valence-electron chi connectivity index (χ1n) is 37.7. The van der Waals surface area contributed by atoms with Crippen LogP contribution in [-0.4, -0.2) is 39.6 Å². The molecule has 4 aliphatic carbocycles. The second-order valence-corrected chi connectivity index (χ2v) is 28.2. The molecule has 0 aromatic heterocycles. The van der Waals surface area contributed by atoms with Gasteiger partial charge >= 0.3 is 0 Å². The third kappa shape index (κ3) is 12.3. The normalized spacial score (nSPS) is 15.2. The van der Waals surface area contributed by atoms with Crippen LogP contribution in [0.2, 0.25) is 0 Å². The molecule has 0 heterocycles. The molecule has 0 aliphatic heterocycles. The Hall–Kier alpha value is -12.5. The van der Waals surface area contributed by atoms with Crippen LogP contribution >= 0.6 is 0 Å². The smallest absolute Gasteiger partial charge is 0.150 e. The second kappa shape index (κ2) is 29.2. The number of ether oxygens (including phenoxy) is 6. The zero-order valence-corrected chi connectivity index (χ0v) is 60.8. The number of hydrogen-bond donors (Lipinski definition) is 0. The summed E-state index contributed by atoms with van der Waals surface area (Å²) in [5, 5.41) is 0. The predicted molar refractivity (Wildman–Crippen MR) is 428 cm³/mol. The summed E-state index contributed by atoms with van der Waals surface area (Å²) in [6.07, 6.45) is 4.22. The molecule has 542 valence electrons. The SMILES string of the molecule is CCOCCOc1ccc(C2(c3ccc(Oc4ccc5c(c4)CC5)cc3)c3ccccc3-c3ccc(N(c4ccc(-c5ccc(N(c6ccc7c(c6)C(c6ccc(OCCOCC)cc6)(c6ccc(Oc8ccc9c(c8)CC9)cc6)c6ccccc6-7)c6c(F)cccc6F)cc5)cc4)c4c(F)cccc4F)cc32)cc1. The Kier molecular flexibility index (Phi) is 18.4. The fourth-order valence-corrected chi connectivity index (χ4v) is 16.8. The van der Waals surface area contributed by atoms with Gasteiger partial charge in [-0.25, -0.2) is 17.6 Å². The Morgan fingerprint density at radius 1 is 0.282 bits per heavy atom. The summed E-state index contributed by atoms with van der Waals surface area (Å²) in [4.78, 5) is 3.29. The fourth-order valence-electron chi connectivity index (χ4n) is 16.8. The summed E-state index contributed by atoms with van der Waals surface area (Å²) in [5.74, 6) is 1.32. The van der Waals surface area contributed by atoms with Crippen molar-refractivity contribution in [3.05, 3.63) is 393 Å². The Bertz CT molecular complexity index is 5380. The molecular formula is C98H76F4N2O6. The average Bonchev–Trinajstić information content (AvgIpc) is 1.53. The molecule has 0 radical (unpaired) electrons. The largest absolute Gasteiger partial charge is 0.491 e. The van der Waals surface area contributed by atoms with E-state index in [0.29, 0.717) is 85.4 Å². The molecule has 0 fully saturated rings. The molecule has 0 saturated heterocycles. The van der Waals surface area contributed by atoms with Crippen LogP contribution in [0.3, 0.4) is 0 Å². The lowest BCUT2D eigenvalue weighted by molar-refractivity contribution is 0.110. The van der Waals surface area contributed by atoms with Crippen LogP contribution < -0.4 is 28.7 Å². The number of nitrogens with zero attached hydrogens (tertiary/aromatic N) is 2. The summed E-state index contributed by atoms with van der Waals surface area (Å²) in [6.45, 7) is 6.76. The first kappa shape index (κ1) is 69.3. The van der Waals surface area contributed by atoms with Gasteiger partial charge in [0.15, 0.2) is 0 Å². The third-order valence-electron chi connectivity index (χ3n) is 22.2. The fraction of sp³-hybridized carbons (Fsp3) is 0.143. The Morgan fingerprint density at radius 2 is 0.609 bits per heavy atom. The lowest BCUT2D eigenvalue weighted by Crippen LogP contribution is -2.29. The maximum atomic E-state index is 16.9. The molecule has 12 heteroatoms. The van der Waals surface area contributed by atoms with Crippen molar-refractivity contribution >= 4 is 34.1 Å². The van der Waals surface area contributed by atoms with Crippen molar-refractivity contribution in [3.8, 4) is 67.9 Å². The van der Waals surface area contributed by atoms with Crippen LogP contribution in [0.4, 0.5) is 51.7 Å². The van der Waals surface area contributed by atoms with Gasteiger partial charge in [0, 0.05) is 36.0 Å². The van der Waals surface area contributed by atoms with Gasteiger partial charge in [0.25, 0.3) is 0 Å². The van der Waals surface area contributed by atoms with Gasteiger partial charge in [-0.2, -0.15) is 0 Å². The monoisotopic (exact) mass is 1450 g/mol. The number of aryl methyl sites for hydroxylation is 4. The highest BCUT2D eigenvalue weighted by molar-refractivity contribution is 5.92. The first-order valence-corrected chi connectivity index (χ1v) is 37.7. The van der Waals surface area contributed by atoms with Gasteiger partial charge in [-0.05, 0) is 285 Å². The molecule has 0 bridgehead atoms. The number of halogens is 4. The van der Waals surface area contributed by atoms with Crippen LogP contribution in [0.5, 0.6) is 34.5 Å². The topological polar surface area (TPSA) is 61.9 Å². The van der Waals surface area contributed by atoms with Crippen LogP contribution in [0, 0.1) is 23.3 Å². The summed E-state index contributed by atoms with van der Waals surface area (Å²) in [5.41, 5.74) is 18.1. The first-order chi connectivity index (χ1) is 54.0. The van der Waals surface area contributed by atoms with Gasteiger partial charge in [0.05, 0.1) is 24.0 Å². The van der Waals surface area contributed by atoms with Gasteiger partial charge in [-0.1, -0.05) is 158 Å². The zero-order valence-electron chi connectivity index (χ0n) is 60.8. The van der Waals surface area contributed by atoms with Crippen LogP contribution in [-0.2, 0) is 46.0 Å². The Morgan fingerprint density at radius 3 is 0.955 bits per heavy atom. The van der Waals surface area contributed by atoms with E-state index in [4.69, 9.17) is 28.4 Å². The molecule has 14 aromatic rings. The van der Waals surface area contributed by atoms with Crippen molar-refractivity contribution < 1.29 is 46.0 Å². The average molecular weight is 1450 g/mol. The molecule has 2 unspecified atom stereocenters. The minimum Gasteiger partial charge on any atom is -0.491 e. The van der Waals surface area contributed by atoms with Crippen molar-refractivity contribution in [1.29, 1.82) is 0 Å². The van der Waals surface area contributed by atoms with Crippen molar-refractivity contribution in [2.45, 2.75) is 50.4 Å². The molecule has 0 N–H and O–H groups in total. The number of hydrogen-bond acceptors (Lipinski definition) is 8. The van der Waals surface area contributed by atoms with E-state index < -0.39 is 34.1 Å². The summed E-state index contributed by atoms with van der Waals surface area (Å²) >= 11 is 0. The quantitative estimate of drug-likeness (QED) is 0.0414. The minimum absolute atomic E-state index is 0.250. The van der Waals surface area contributed by atoms with E-state index in [0.717, 1.165) is 115 Å². The van der Waals surface area contributed by atoms with E-state index in [1.165, 1.54) is 58.7 Å². The van der Waals surface area contributed by atoms with Gasteiger partial charge in [-0.3, -0.25) is 0 Å². The molecule has 14 aromatic carbocycles. The van der Waals surface area contributed by atoms with Crippen LogP contribution in [0.15, 0.2) is 303 Å². The van der Waals surface area contributed by atoms with E-state index >= 15 is 17.6 Å². The molecule has 2 atom stereocenters. The van der Waals surface area contributed by atoms with Crippen molar-refractivity contribution in [3.63, 3.8) is 0 Å². The lowest BCUT2D eigenvalue weighted by Gasteiger charge is -2.35. The minimum atomic E-state index is -0.959. The van der Waals surface area contributed by atoms with Crippen LogP contribution in [0.25, 0.3) is 33.4 Å². The van der Waals surface area contributed by atoms with Crippen molar-refractivity contribution in [1.82, 2.24) is 0 Å². The lowest BCUT2D eigenvalue weighted by atomic mass is 9.67. The number of anilines is 6. The summed E-state index contributed by atoms with van der Waals surface area (Å²) in [7, 11) is 0. The highest BCUT2D eigenvalue weighted by Gasteiger charge is 2.49. The van der Waals surface area contributed by atoms with Gasteiger partial charge in [0.1, 0.15) is 82.4 Å². The molecule has 4 aliphatic rings. The molecular weight excluding hydrogens is 1380 g/mol. The van der Waals surface area contributed by atoms with Gasteiger partial charge in [-0.15, -0.1) is 0 Å². The third-order valence-corrected chi connectivity index (χ3v) is 22.2. The summed E-state index contributed by atoms with van der Waals surface area (Å²) < 4.78 is 104. The van der Waals surface area contributed by atoms with E-state index in [-0.39, 0.29) is 11.4 Å². The van der Waals surface area contributed by atoms with Gasteiger partial charge < -0.3 is 38.2 Å². The highest BCUT2D eigenvalue weighted by atomic mass is 19.1. The molecule has 18 rings (SSSR count). The number of benzene rings is 14. The van der Waals surface area contributed by atoms with E-state index in [9.17, 15) is 0 Å². The van der Waals surface area contributed by atoms with Gasteiger partial charge in [0.2, 0.25) is 0 Å². The maximum Gasteiger partial charge on any atom is 0.150 e. The molecule has 0 amide bonds. The number of fused-ring (bicyclic) bond motifs is 8. The van der Waals surface area contributed by atoms with Crippen molar-refractivity contribution in [2.24, 2.45) is 0 Å². The summed E-state index contributed by atoms with van der Waals surface area (Å²) in [6, 6.07) is 97.2. The van der Waals surface area contributed by atoms with E-state index in [2.05, 4.69) is 133 Å². The molecule has 0 spiro atoms. The predicted octanol–water partition coefficient (Wildman–Crippen LogP) is 24.2. The highest BCUT2D eigenvalue weighted by Crippen LogP contribution is 2.60. The zero-order chi connectivity index (χ0) is 74.5. The van der Waals surface area contributed by atoms with E-state index in [1.54, 1.807) is 9.80 Å². The number of rotatable bonds is 25.